The average molecular weight is 633 g/mol. The van der Waals surface area contributed by atoms with Crippen molar-refractivity contribution in [1.82, 2.24) is 25.2 Å². The number of aromatic amines is 1. The summed E-state index contributed by atoms with van der Waals surface area (Å²) in [5.74, 6) is 0.385. The van der Waals surface area contributed by atoms with Crippen LogP contribution in [0.15, 0.2) is 18.3 Å². The quantitative estimate of drug-likeness (QED) is 0.224. The molecule has 1 aromatic carbocycles. The number of carbonyl (C=O) groups is 2. The number of amides is 2. The van der Waals surface area contributed by atoms with Gasteiger partial charge in [-0.1, -0.05) is 23.2 Å². The number of hydrogen-bond donors (Lipinski definition) is 3. The van der Waals surface area contributed by atoms with Gasteiger partial charge in [0.2, 0.25) is 11.7 Å². The minimum atomic E-state index is -0.423. The van der Waals surface area contributed by atoms with Crippen molar-refractivity contribution in [2.45, 2.75) is 6.54 Å². The summed E-state index contributed by atoms with van der Waals surface area (Å²) in [6.45, 7) is 4.28. The van der Waals surface area contributed by atoms with Crippen LogP contribution in [-0.4, -0.2) is 92.4 Å². The lowest BCUT2D eigenvalue weighted by Crippen LogP contribution is -2.41. The third-order valence-electron chi connectivity index (χ3n) is 7.12. The third kappa shape index (κ3) is 6.20. The topological polar surface area (TPSA) is 157 Å². The maximum atomic E-state index is 13.9. The van der Waals surface area contributed by atoms with Gasteiger partial charge in [-0.05, 0) is 23.8 Å². The summed E-state index contributed by atoms with van der Waals surface area (Å²) in [6, 6.07) is 3.30. The van der Waals surface area contributed by atoms with E-state index in [2.05, 4.69) is 25.2 Å². The van der Waals surface area contributed by atoms with Crippen LogP contribution in [0, 0.1) is 0 Å². The molecule has 0 unspecified atom stereocenters. The molecule has 3 aromatic rings. The number of aromatic nitrogens is 3. The number of ether oxygens (including phenoxy) is 4. The molecule has 0 saturated carbocycles. The second-order valence-corrected chi connectivity index (χ2v) is 10.4. The molecule has 2 aliphatic heterocycles. The highest BCUT2D eigenvalue weighted by Crippen LogP contribution is 2.47. The van der Waals surface area contributed by atoms with Gasteiger partial charge >= 0.3 is 0 Å². The zero-order chi connectivity index (χ0) is 30.7. The molecule has 4 N–H and O–H groups in total. The molecule has 2 aliphatic rings. The molecule has 1 saturated heterocycles. The standard InChI is InChI=1S/C28H31Cl2N7O6/c1-40-19-11-16(21(29)23(42-3)22(19)41-2)14-37-25-20(24(30)34-28(31)35-25)18(27(37)39)12-17-10-15(13-33-17)26(38)32-4-5-36-6-8-43-9-7-36/h10-13,33H,4-9,14H2,1-3H3,(H,32,38)(H2,31,34,35)/b18-12-. The van der Waals surface area contributed by atoms with E-state index in [1.54, 1.807) is 24.4 Å². The maximum absolute atomic E-state index is 13.9. The molecule has 43 heavy (non-hydrogen) atoms. The first-order chi connectivity index (χ1) is 20.7. The van der Waals surface area contributed by atoms with Crippen molar-refractivity contribution in [1.29, 1.82) is 0 Å². The van der Waals surface area contributed by atoms with Gasteiger partial charge in [-0.25, -0.2) is 4.98 Å². The molecular weight excluding hydrogens is 601 g/mol. The van der Waals surface area contributed by atoms with Crippen LogP contribution in [0.2, 0.25) is 10.2 Å². The lowest BCUT2D eigenvalue weighted by atomic mass is 10.1. The fourth-order valence-corrected chi connectivity index (χ4v) is 5.54. The van der Waals surface area contributed by atoms with E-state index in [4.69, 9.17) is 47.9 Å². The Morgan fingerprint density at radius 3 is 2.58 bits per heavy atom. The number of anilines is 2. The largest absolute Gasteiger partial charge is 0.493 e. The number of rotatable bonds is 10. The Bertz CT molecular complexity index is 1570. The molecule has 0 atom stereocenters. The summed E-state index contributed by atoms with van der Waals surface area (Å²) in [4.78, 5) is 41.7. The van der Waals surface area contributed by atoms with Crippen LogP contribution in [0.1, 0.15) is 27.2 Å². The number of halogens is 2. The molecule has 0 bridgehead atoms. The summed E-state index contributed by atoms with van der Waals surface area (Å²) in [7, 11) is 4.40. The van der Waals surface area contributed by atoms with E-state index in [0.29, 0.717) is 53.6 Å². The van der Waals surface area contributed by atoms with Gasteiger partial charge in [0, 0.05) is 38.1 Å². The van der Waals surface area contributed by atoms with Gasteiger partial charge in [0.15, 0.2) is 17.3 Å². The van der Waals surface area contributed by atoms with Gasteiger partial charge in [0.1, 0.15) is 5.15 Å². The van der Waals surface area contributed by atoms with E-state index in [1.165, 1.54) is 26.2 Å². The summed E-state index contributed by atoms with van der Waals surface area (Å²) >= 11 is 13.2. The van der Waals surface area contributed by atoms with E-state index in [0.717, 1.165) is 19.6 Å². The molecular formula is C28H31Cl2N7O6. The van der Waals surface area contributed by atoms with Gasteiger partial charge in [-0.15, -0.1) is 0 Å². The van der Waals surface area contributed by atoms with Crippen molar-refractivity contribution >= 4 is 58.4 Å². The lowest BCUT2D eigenvalue weighted by molar-refractivity contribution is -0.113. The van der Waals surface area contributed by atoms with Crippen molar-refractivity contribution < 1.29 is 28.5 Å². The fourth-order valence-electron chi connectivity index (χ4n) is 4.99. The van der Waals surface area contributed by atoms with Gasteiger partial charge in [0.25, 0.3) is 11.8 Å². The summed E-state index contributed by atoms with van der Waals surface area (Å²) < 4.78 is 21.7. The first kappa shape index (κ1) is 30.4. The van der Waals surface area contributed by atoms with Gasteiger partial charge in [-0.3, -0.25) is 19.4 Å². The van der Waals surface area contributed by atoms with Crippen molar-refractivity contribution in [3.8, 4) is 17.2 Å². The molecule has 0 spiro atoms. The SMILES string of the molecule is COc1cc(CN2C(=O)/C(=C\c3cc(C(=O)NCCN4CCOCC4)c[nH]3)c3c(Cl)nc(N)nc32)c(Cl)c(OC)c1OC. The van der Waals surface area contributed by atoms with E-state index < -0.39 is 5.91 Å². The number of methoxy groups -OCH3 is 3. The molecule has 228 valence electrons. The number of morpholine rings is 1. The number of carbonyl (C=O) groups excluding carboxylic acids is 2. The average Bonchev–Trinajstić information content (AvgIpc) is 3.57. The van der Waals surface area contributed by atoms with Crippen LogP contribution in [-0.2, 0) is 16.1 Å². The van der Waals surface area contributed by atoms with E-state index in [1.807, 2.05) is 0 Å². The smallest absolute Gasteiger partial charge is 0.260 e. The predicted octanol–water partition coefficient (Wildman–Crippen LogP) is 2.87. The molecule has 0 radical (unpaired) electrons. The van der Waals surface area contributed by atoms with Crippen LogP contribution < -0.4 is 30.2 Å². The highest BCUT2D eigenvalue weighted by molar-refractivity contribution is 6.41. The monoisotopic (exact) mass is 631 g/mol. The van der Waals surface area contributed by atoms with Crippen LogP contribution in [0.4, 0.5) is 11.8 Å². The number of benzene rings is 1. The second-order valence-electron chi connectivity index (χ2n) is 9.69. The predicted molar refractivity (Wildman–Crippen MR) is 162 cm³/mol. The Morgan fingerprint density at radius 2 is 1.88 bits per heavy atom. The van der Waals surface area contributed by atoms with Crippen LogP contribution in [0.3, 0.4) is 0 Å². The van der Waals surface area contributed by atoms with Crippen molar-refractivity contribution in [3.63, 3.8) is 0 Å². The fraction of sp³-hybridized carbons (Fsp3) is 0.357. The highest BCUT2D eigenvalue weighted by atomic mass is 35.5. The first-order valence-electron chi connectivity index (χ1n) is 13.4. The minimum Gasteiger partial charge on any atom is -0.493 e. The Hall–Kier alpha value is -4.04. The van der Waals surface area contributed by atoms with E-state index >= 15 is 0 Å². The molecule has 4 heterocycles. The molecule has 5 rings (SSSR count). The second kappa shape index (κ2) is 13.1. The summed E-state index contributed by atoms with van der Waals surface area (Å²) in [6.07, 6.45) is 3.17. The van der Waals surface area contributed by atoms with Crippen LogP contribution in [0.25, 0.3) is 11.6 Å². The zero-order valence-corrected chi connectivity index (χ0v) is 25.3. The number of hydrogen-bond acceptors (Lipinski definition) is 10. The van der Waals surface area contributed by atoms with Crippen molar-refractivity contribution in [2.24, 2.45) is 0 Å². The number of nitrogens with two attached hydrogens (primary N) is 1. The minimum absolute atomic E-state index is 0.00762. The lowest BCUT2D eigenvalue weighted by Gasteiger charge is -2.26. The first-order valence-corrected chi connectivity index (χ1v) is 14.1. The van der Waals surface area contributed by atoms with E-state index in [-0.39, 0.29) is 45.7 Å². The number of fused-ring (bicyclic) bond motifs is 1. The molecule has 0 aliphatic carbocycles. The molecule has 15 heteroatoms. The molecule has 2 amide bonds. The molecule has 13 nitrogen and oxygen atoms in total. The van der Waals surface area contributed by atoms with Crippen molar-refractivity contribution in [2.75, 3.05) is 71.4 Å². The highest BCUT2D eigenvalue weighted by Gasteiger charge is 2.38. The number of nitrogens with zero attached hydrogens (tertiary/aromatic N) is 4. The summed E-state index contributed by atoms with van der Waals surface area (Å²) in [5.41, 5.74) is 7.85. The number of H-pyrrole nitrogens is 1. The Labute approximate surface area is 257 Å². The summed E-state index contributed by atoms with van der Waals surface area (Å²) in [5, 5.41) is 3.16. The Morgan fingerprint density at radius 1 is 1.14 bits per heavy atom. The Balaban J connectivity index is 1.41. The van der Waals surface area contributed by atoms with Crippen molar-refractivity contribution in [3.05, 3.63) is 50.9 Å². The third-order valence-corrected chi connectivity index (χ3v) is 7.81. The van der Waals surface area contributed by atoms with Crippen LogP contribution >= 0.6 is 23.2 Å². The number of nitrogens with one attached hydrogen (secondary N) is 2. The van der Waals surface area contributed by atoms with E-state index in [9.17, 15) is 9.59 Å². The van der Waals surface area contributed by atoms with Gasteiger partial charge in [-0.2, -0.15) is 4.98 Å². The van der Waals surface area contributed by atoms with Gasteiger partial charge < -0.3 is 35.0 Å². The Kier molecular flexibility index (Phi) is 9.25. The maximum Gasteiger partial charge on any atom is 0.260 e. The molecule has 2 aromatic heterocycles. The van der Waals surface area contributed by atoms with Gasteiger partial charge in [0.05, 0.1) is 62.8 Å². The number of nitrogen functional groups attached to an aromatic ring is 1. The van der Waals surface area contributed by atoms with Crippen LogP contribution in [0.5, 0.6) is 17.2 Å². The molecule has 1 fully saturated rings. The normalized spacial score (nSPS) is 16.0. The zero-order valence-electron chi connectivity index (χ0n) is 23.8.